The molecule has 0 saturated heterocycles. The summed E-state index contributed by atoms with van der Waals surface area (Å²) >= 11 is 0. The van der Waals surface area contributed by atoms with Gasteiger partial charge < -0.3 is 9.94 Å². The van der Waals surface area contributed by atoms with Crippen LogP contribution >= 0.6 is 0 Å². The number of hydrogen-bond acceptors (Lipinski definition) is 5. The van der Waals surface area contributed by atoms with Crippen LogP contribution in [0.5, 0.6) is 5.88 Å². The Balaban J connectivity index is 2.66. The van der Waals surface area contributed by atoms with Crippen LogP contribution < -0.4 is 11.2 Å². The van der Waals surface area contributed by atoms with E-state index >= 15 is 0 Å². The van der Waals surface area contributed by atoms with Crippen LogP contribution in [0.3, 0.4) is 0 Å². The molecule has 23 heavy (non-hydrogen) atoms. The van der Waals surface area contributed by atoms with Crippen LogP contribution in [-0.4, -0.2) is 27.0 Å². The van der Waals surface area contributed by atoms with Crippen molar-refractivity contribution in [3.05, 3.63) is 69.4 Å². The molecule has 0 aliphatic carbocycles. The third-order valence-electron chi connectivity index (χ3n) is 3.09. The van der Waals surface area contributed by atoms with Crippen molar-refractivity contribution in [3.8, 4) is 11.6 Å². The normalized spacial score (nSPS) is 11.3. The predicted octanol–water partition coefficient (Wildman–Crippen LogP) is 1.55. The molecule has 0 saturated carbocycles. The van der Waals surface area contributed by atoms with Crippen LogP contribution in [-0.2, 0) is 4.84 Å². The monoisotopic (exact) mass is 315 g/mol. The molecule has 1 aromatic carbocycles. The molecule has 2 aromatic rings. The summed E-state index contributed by atoms with van der Waals surface area (Å²) in [6.07, 6.45) is 1.84. The summed E-state index contributed by atoms with van der Waals surface area (Å²) in [5.41, 5.74) is -0.891. The third kappa shape index (κ3) is 3.39. The zero-order chi connectivity index (χ0) is 16.8. The topological polar surface area (TPSA) is 96.7 Å². The van der Waals surface area contributed by atoms with Gasteiger partial charge in [0.1, 0.15) is 12.2 Å². The molecule has 0 radical (unpaired) electrons. The van der Waals surface area contributed by atoms with Gasteiger partial charge in [-0.15, -0.1) is 0 Å². The van der Waals surface area contributed by atoms with Gasteiger partial charge in [0, 0.05) is 0 Å². The number of rotatable bonds is 6. The summed E-state index contributed by atoms with van der Waals surface area (Å²) in [6.45, 7) is 5.42. The molecule has 0 aliphatic rings. The Morgan fingerprint density at radius 1 is 1.39 bits per heavy atom. The van der Waals surface area contributed by atoms with Crippen molar-refractivity contribution < 1.29 is 9.94 Å². The molecule has 2 N–H and O–H groups in total. The Morgan fingerprint density at radius 2 is 2.09 bits per heavy atom. The molecule has 0 unspecified atom stereocenters. The Bertz CT molecular complexity index is 835. The molecule has 0 bridgehead atoms. The molecule has 0 spiro atoms. The fourth-order valence-corrected chi connectivity index (χ4v) is 2.06. The summed E-state index contributed by atoms with van der Waals surface area (Å²) in [6, 6.07) is 8.49. The highest BCUT2D eigenvalue weighted by molar-refractivity contribution is 6.01. The molecule has 2 rings (SSSR count). The van der Waals surface area contributed by atoms with Crippen molar-refractivity contribution in [2.45, 2.75) is 13.3 Å². The van der Waals surface area contributed by atoms with Gasteiger partial charge in [0.05, 0.1) is 11.4 Å². The number of oxime groups is 1. The second kappa shape index (κ2) is 7.26. The van der Waals surface area contributed by atoms with Crippen molar-refractivity contribution in [2.24, 2.45) is 5.16 Å². The fraction of sp³-hybridized carbons (Fsp3) is 0.188. The third-order valence-corrected chi connectivity index (χ3v) is 3.09. The lowest BCUT2D eigenvalue weighted by atomic mass is 10.1. The minimum atomic E-state index is -0.732. The molecule has 0 fully saturated rings. The standard InChI is InChI=1S/C16H17N3O4/c1-3-10-23-18-12(4-2)13-14(20)17-16(22)19(15(13)21)11-8-6-5-7-9-11/h3,5-9,21H,1,4,10H2,2H3,(H,17,20,22). The second-order valence-electron chi connectivity index (χ2n) is 4.60. The maximum absolute atomic E-state index is 12.1. The number of nitrogens with one attached hydrogen (secondary N) is 1. The number of aromatic amines is 1. The minimum absolute atomic E-state index is 0.0972. The van der Waals surface area contributed by atoms with Gasteiger partial charge in [-0.2, -0.15) is 0 Å². The van der Waals surface area contributed by atoms with Gasteiger partial charge in [-0.1, -0.05) is 42.9 Å². The maximum Gasteiger partial charge on any atom is 0.335 e. The van der Waals surface area contributed by atoms with E-state index in [1.54, 1.807) is 37.3 Å². The van der Waals surface area contributed by atoms with Gasteiger partial charge in [-0.05, 0) is 18.6 Å². The summed E-state index contributed by atoms with van der Waals surface area (Å²) in [5, 5.41) is 14.3. The lowest BCUT2D eigenvalue weighted by Gasteiger charge is -2.11. The van der Waals surface area contributed by atoms with Gasteiger partial charge in [0.2, 0.25) is 5.88 Å². The molecular formula is C16H17N3O4. The van der Waals surface area contributed by atoms with Crippen molar-refractivity contribution in [1.82, 2.24) is 9.55 Å². The van der Waals surface area contributed by atoms with E-state index < -0.39 is 17.1 Å². The predicted molar refractivity (Wildman–Crippen MR) is 87.3 cm³/mol. The summed E-state index contributed by atoms with van der Waals surface area (Å²) < 4.78 is 1.01. The molecule has 0 aliphatic heterocycles. The smallest absolute Gasteiger partial charge is 0.335 e. The lowest BCUT2D eigenvalue weighted by Crippen LogP contribution is -2.33. The number of benzene rings is 1. The van der Waals surface area contributed by atoms with Crippen LogP contribution in [0.2, 0.25) is 0 Å². The maximum atomic E-state index is 12.1. The van der Waals surface area contributed by atoms with Gasteiger partial charge >= 0.3 is 5.69 Å². The molecule has 0 atom stereocenters. The van der Waals surface area contributed by atoms with E-state index in [9.17, 15) is 14.7 Å². The van der Waals surface area contributed by atoms with Crippen LogP contribution in [0.15, 0.2) is 57.7 Å². The lowest BCUT2D eigenvalue weighted by molar-refractivity contribution is 0.174. The van der Waals surface area contributed by atoms with Gasteiger partial charge in [-0.25, -0.2) is 9.36 Å². The largest absolute Gasteiger partial charge is 0.493 e. The SMILES string of the molecule is C=CCON=C(CC)c1c(O)n(-c2ccccc2)c(=O)[nH]c1=O. The van der Waals surface area contributed by atoms with Gasteiger partial charge in [0.25, 0.3) is 5.56 Å². The Labute approximate surface area is 132 Å². The highest BCUT2D eigenvalue weighted by atomic mass is 16.6. The average molecular weight is 315 g/mol. The van der Waals surface area contributed by atoms with Crippen molar-refractivity contribution in [2.75, 3.05) is 6.61 Å². The van der Waals surface area contributed by atoms with Crippen LogP contribution in [0.4, 0.5) is 0 Å². The van der Waals surface area contributed by atoms with E-state index in [0.717, 1.165) is 4.57 Å². The molecule has 1 heterocycles. The molecular weight excluding hydrogens is 298 g/mol. The van der Waals surface area contributed by atoms with Crippen LogP contribution in [0.1, 0.15) is 18.9 Å². The van der Waals surface area contributed by atoms with E-state index in [1.165, 1.54) is 6.08 Å². The first kappa shape index (κ1) is 16.3. The first-order valence-electron chi connectivity index (χ1n) is 7.04. The number of nitrogens with zero attached hydrogens (tertiary/aromatic N) is 2. The first-order valence-corrected chi connectivity index (χ1v) is 7.04. The first-order chi connectivity index (χ1) is 11.1. The summed E-state index contributed by atoms with van der Waals surface area (Å²) in [4.78, 5) is 31.3. The van der Waals surface area contributed by atoms with Crippen LogP contribution in [0, 0.1) is 0 Å². The second-order valence-corrected chi connectivity index (χ2v) is 4.60. The Hall–Kier alpha value is -3.09. The fourth-order valence-electron chi connectivity index (χ4n) is 2.06. The van der Waals surface area contributed by atoms with Crippen LogP contribution in [0.25, 0.3) is 5.69 Å². The molecule has 1 aromatic heterocycles. The Kier molecular flexibility index (Phi) is 5.14. The summed E-state index contributed by atoms with van der Waals surface area (Å²) in [5.74, 6) is -0.479. The van der Waals surface area contributed by atoms with Crippen molar-refractivity contribution in [3.63, 3.8) is 0 Å². The molecule has 0 amide bonds. The number of aromatic hydroxyl groups is 1. The highest BCUT2D eigenvalue weighted by Gasteiger charge is 2.19. The minimum Gasteiger partial charge on any atom is -0.493 e. The summed E-state index contributed by atoms with van der Waals surface area (Å²) in [7, 11) is 0. The molecule has 7 heteroatoms. The van der Waals surface area contributed by atoms with E-state index in [2.05, 4.69) is 16.7 Å². The highest BCUT2D eigenvalue weighted by Crippen LogP contribution is 2.17. The van der Waals surface area contributed by atoms with Crippen molar-refractivity contribution in [1.29, 1.82) is 0 Å². The van der Waals surface area contributed by atoms with Gasteiger partial charge in [-0.3, -0.25) is 9.78 Å². The zero-order valence-corrected chi connectivity index (χ0v) is 12.7. The van der Waals surface area contributed by atoms with E-state index in [1.807, 2.05) is 0 Å². The zero-order valence-electron chi connectivity index (χ0n) is 12.7. The number of aromatic nitrogens is 2. The van der Waals surface area contributed by atoms with E-state index in [-0.39, 0.29) is 17.9 Å². The van der Waals surface area contributed by atoms with E-state index in [0.29, 0.717) is 12.1 Å². The number of hydrogen-bond donors (Lipinski definition) is 2. The average Bonchev–Trinajstić information content (AvgIpc) is 2.54. The van der Waals surface area contributed by atoms with E-state index in [4.69, 9.17) is 4.84 Å². The van der Waals surface area contributed by atoms with Gasteiger partial charge in [0.15, 0.2) is 0 Å². The van der Waals surface area contributed by atoms with Crippen molar-refractivity contribution >= 4 is 5.71 Å². The number of para-hydroxylation sites is 1. The quantitative estimate of drug-likeness (QED) is 0.366. The number of H-pyrrole nitrogens is 1. The molecule has 7 nitrogen and oxygen atoms in total. The molecule has 120 valence electrons. The Morgan fingerprint density at radius 3 is 2.70 bits per heavy atom.